The number of aromatic hydroxyl groups is 1. The van der Waals surface area contributed by atoms with Crippen LogP contribution < -0.4 is 10.4 Å². The van der Waals surface area contributed by atoms with Crippen LogP contribution in [0.15, 0.2) is 52.7 Å². The van der Waals surface area contributed by atoms with Crippen molar-refractivity contribution in [3.8, 4) is 5.75 Å². The van der Waals surface area contributed by atoms with Crippen LogP contribution in [-0.2, 0) is 14.3 Å². The van der Waals surface area contributed by atoms with Gasteiger partial charge in [0.05, 0.1) is 30.2 Å². The highest BCUT2D eigenvalue weighted by atomic mass is 16.5. The second kappa shape index (κ2) is 10.7. The first-order valence-electron chi connectivity index (χ1n) is 12.0. The number of phenols is 1. The van der Waals surface area contributed by atoms with Crippen molar-refractivity contribution in [3.05, 3.63) is 59.2 Å². The van der Waals surface area contributed by atoms with Crippen molar-refractivity contribution in [2.75, 3.05) is 36.7 Å². The number of hydrogen-bond acceptors (Lipinski definition) is 8. The molecule has 0 saturated carbocycles. The van der Waals surface area contributed by atoms with Crippen LogP contribution in [0.25, 0.3) is 5.57 Å². The van der Waals surface area contributed by atoms with Gasteiger partial charge in [0, 0.05) is 18.7 Å². The van der Waals surface area contributed by atoms with Crippen LogP contribution in [0.3, 0.4) is 0 Å². The van der Waals surface area contributed by atoms with Gasteiger partial charge in [-0.2, -0.15) is 15.2 Å². The molecule has 0 bridgehead atoms. The normalized spacial score (nSPS) is 17.3. The molecule has 4 rings (SSSR count). The van der Waals surface area contributed by atoms with Crippen LogP contribution in [0.4, 0.5) is 11.4 Å². The molecule has 0 aromatic heterocycles. The van der Waals surface area contributed by atoms with Gasteiger partial charge in [-0.15, -0.1) is 0 Å². The Morgan fingerprint density at radius 2 is 2.00 bits per heavy atom. The molecule has 2 aliphatic heterocycles. The van der Waals surface area contributed by atoms with E-state index in [0.29, 0.717) is 48.8 Å². The van der Waals surface area contributed by atoms with E-state index in [9.17, 15) is 14.7 Å². The molecule has 0 saturated heterocycles. The minimum Gasteiger partial charge on any atom is -0.505 e. The summed E-state index contributed by atoms with van der Waals surface area (Å²) in [7, 11) is 0. The Bertz CT molecular complexity index is 1280. The highest BCUT2D eigenvalue weighted by Gasteiger charge is 2.31. The van der Waals surface area contributed by atoms with Gasteiger partial charge < -0.3 is 9.84 Å². The fourth-order valence-electron chi connectivity index (χ4n) is 4.16. The molecule has 188 valence electrons. The summed E-state index contributed by atoms with van der Waals surface area (Å²) < 4.78 is 5.02. The van der Waals surface area contributed by atoms with Crippen molar-refractivity contribution < 1.29 is 19.4 Å². The van der Waals surface area contributed by atoms with E-state index >= 15 is 0 Å². The van der Waals surface area contributed by atoms with Crippen LogP contribution in [0.2, 0.25) is 0 Å². The fourth-order valence-corrected chi connectivity index (χ4v) is 4.16. The number of hydrogen-bond donors (Lipinski definition) is 2. The van der Waals surface area contributed by atoms with Crippen molar-refractivity contribution in [1.29, 1.82) is 0 Å². The van der Waals surface area contributed by atoms with Crippen LogP contribution in [0.1, 0.15) is 37.0 Å². The molecule has 1 amide bonds. The Labute approximate surface area is 210 Å². The first-order chi connectivity index (χ1) is 17.3. The number of anilines is 2. The van der Waals surface area contributed by atoms with Gasteiger partial charge in [0.25, 0.3) is 0 Å². The Hall–Kier alpha value is -3.98. The lowest BCUT2D eigenvalue weighted by molar-refractivity contribution is -0.144. The number of ether oxygens (including phenoxy) is 1. The average molecular weight is 490 g/mol. The number of benzene rings is 2. The fraction of sp³-hybridized carbons (Fsp3) is 0.333. The van der Waals surface area contributed by atoms with E-state index in [2.05, 4.69) is 15.6 Å². The third-order valence-electron chi connectivity index (χ3n) is 6.34. The number of nitrogens with zero attached hydrogens (tertiary/aromatic N) is 4. The molecular formula is C27H31N5O4. The molecule has 36 heavy (non-hydrogen) atoms. The number of aryl methyl sites for hydroxylation is 2. The van der Waals surface area contributed by atoms with Gasteiger partial charge >= 0.3 is 11.9 Å². The van der Waals surface area contributed by atoms with E-state index in [-0.39, 0.29) is 29.9 Å². The van der Waals surface area contributed by atoms with E-state index in [1.807, 2.05) is 55.2 Å². The summed E-state index contributed by atoms with van der Waals surface area (Å²) in [6.45, 7) is 9.40. The lowest BCUT2D eigenvalue weighted by Gasteiger charge is -2.26. The van der Waals surface area contributed by atoms with E-state index in [1.165, 1.54) is 5.01 Å². The van der Waals surface area contributed by atoms with Crippen LogP contribution in [0, 0.1) is 13.8 Å². The minimum atomic E-state index is -0.337. The summed E-state index contributed by atoms with van der Waals surface area (Å²) in [6.07, 6.45) is 2.69. The summed E-state index contributed by atoms with van der Waals surface area (Å²) in [4.78, 5) is 26.8. The number of nitrogens with one attached hydrogen (secondary N) is 1. The van der Waals surface area contributed by atoms with E-state index in [4.69, 9.17) is 4.74 Å². The average Bonchev–Trinajstić information content (AvgIpc) is 3.14. The summed E-state index contributed by atoms with van der Waals surface area (Å²) in [6, 6.07) is 11.1. The van der Waals surface area contributed by atoms with E-state index in [1.54, 1.807) is 19.9 Å². The van der Waals surface area contributed by atoms with Gasteiger partial charge in [-0.05, 0) is 69.0 Å². The molecular weight excluding hydrogens is 458 g/mol. The van der Waals surface area contributed by atoms with Gasteiger partial charge in [-0.25, -0.2) is 0 Å². The minimum absolute atomic E-state index is 0.0537. The number of carbonyl (C=O) groups is 2. The number of amides is 1. The molecule has 2 aliphatic rings. The second-order valence-electron chi connectivity index (χ2n) is 8.86. The van der Waals surface area contributed by atoms with Gasteiger partial charge in [0.2, 0.25) is 0 Å². The zero-order chi connectivity index (χ0) is 25.8. The summed E-state index contributed by atoms with van der Waals surface area (Å²) in [5, 5.41) is 20.9. The first-order valence-corrected chi connectivity index (χ1v) is 12.0. The maximum Gasteiger partial charge on any atom is 0.320 e. The monoisotopic (exact) mass is 489 g/mol. The molecule has 2 N–H and O–H groups in total. The lowest BCUT2D eigenvalue weighted by Crippen LogP contribution is -2.34. The van der Waals surface area contributed by atoms with Crippen LogP contribution >= 0.6 is 0 Å². The van der Waals surface area contributed by atoms with Crippen molar-refractivity contribution in [3.63, 3.8) is 0 Å². The van der Waals surface area contributed by atoms with Gasteiger partial charge in [-0.1, -0.05) is 24.3 Å². The SMILES string of the molecule is CCOC(=O)CN1CC=C(c2cccc(N/N=C3\C(=O)N(c4ccc(C)c(C)c4)N=C3C)c2O)CC1. The molecule has 0 atom stereocenters. The van der Waals surface area contributed by atoms with Crippen molar-refractivity contribution in [1.82, 2.24) is 4.90 Å². The summed E-state index contributed by atoms with van der Waals surface area (Å²) in [5.74, 6) is -0.521. The zero-order valence-electron chi connectivity index (χ0n) is 21.0. The van der Waals surface area contributed by atoms with Crippen molar-refractivity contribution in [2.24, 2.45) is 10.2 Å². The number of hydrazone groups is 2. The Balaban J connectivity index is 1.47. The molecule has 2 aromatic rings. The smallest absolute Gasteiger partial charge is 0.320 e. The standard InChI is InChI=1S/C27H31N5O4/c1-5-36-24(33)16-31-13-11-20(12-14-31)22-7-6-8-23(26(22)34)28-29-25-19(4)30-32(27(25)35)21-10-9-17(2)18(3)15-21/h6-11,15,28,34H,5,12-14,16H2,1-4H3/b29-25-. The largest absolute Gasteiger partial charge is 0.505 e. The highest BCUT2D eigenvalue weighted by Crippen LogP contribution is 2.35. The van der Waals surface area contributed by atoms with E-state index in [0.717, 1.165) is 16.7 Å². The van der Waals surface area contributed by atoms with Crippen LogP contribution in [-0.4, -0.2) is 59.5 Å². The lowest BCUT2D eigenvalue weighted by atomic mass is 9.98. The Morgan fingerprint density at radius 1 is 1.19 bits per heavy atom. The van der Waals surface area contributed by atoms with E-state index < -0.39 is 0 Å². The number of para-hydroxylation sites is 1. The molecule has 2 aromatic carbocycles. The van der Waals surface area contributed by atoms with Gasteiger partial charge in [-0.3, -0.25) is 19.9 Å². The molecule has 9 heteroatoms. The summed E-state index contributed by atoms with van der Waals surface area (Å²) >= 11 is 0. The third-order valence-corrected chi connectivity index (χ3v) is 6.34. The molecule has 0 fully saturated rings. The molecule has 0 aliphatic carbocycles. The number of esters is 1. The zero-order valence-corrected chi connectivity index (χ0v) is 21.0. The number of carbonyl (C=O) groups excluding carboxylic acids is 2. The molecule has 0 unspecified atom stereocenters. The van der Waals surface area contributed by atoms with Crippen molar-refractivity contribution in [2.45, 2.75) is 34.1 Å². The maximum absolute atomic E-state index is 13.0. The number of phenolic OH excluding ortho intramolecular Hbond substituents is 1. The van der Waals surface area contributed by atoms with Crippen molar-refractivity contribution >= 4 is 40.2 Å². The Morgan fingerprint density at radius 3 is 2.69 bits per heavy atom. The quantitative estimate of drug-likeness (QED) is 0.348. The first kappa shape index (κ1) is 25.1. The predicted molar refractivity (Wildman–Crippen MR) is 141 cm³/mol. The molecule has 0 spiro atoms. The van der Waals surface area contributed by atoms with Gasteiger partial charge in [0.15, 0.2) is 5.71 Å². The second-order valence-corrected chi connectivity index (χ2v) is 8.86. The highest BCUT2D eigenvalue weighted by molar-refractivity contribution is 6.71. The van der Waals surface area contributed by atoms with Crippen LogP contribution in [0.5, 0.6) is 5.75 Å². The maximum atomic E-state index is 13.0. The third kappa shape index (κ3) is 5.31. The van der Waals surface area contributed by atoms with Gasteiger partial charge in [0.1, 0.15) is 5.75 Å². The topological polar surface area (TPSA) is 107 Å². The molecule has 0 radical (unpaired) electrons. The number of rotatable bonds is 7. The molecule has 2 heterocycles. The molecule has 9 nitrogen and oxygen atoms in total. The Kier molecular flexibility index (Phi) is 7.49. The predicted octanol–water partition coefficient (Wildman–Crippen LogP) is 3.85. The summed E-state index contributed by atoms with van der Waals surface area (Å²) in [5.41, 5.74) is 8.47.